The van der Waals surface area contributed by atoms with Crippen molar-refractivity contribution in [1.29, 1.82) is 0 Å². The molecule has 0 heterocycles. The molecule has 1 rings (SSSR count). The maximum atomic E-state index is 12.3. The van der Waals surface area contributed by atoms with Crippen molar-refractivity contribution < 1.29 is 13.5 Å². The Balaban J connectivity index is 3.17. The van der Waals surface area contributed by atoms with Crippen LogP contribution in [0.5, 0.6) is 0 Å². The van der Waals surface area contributed by atoms with Crippen molar-refractivity contribution in [3.63, 3.8) is 0 Å². The number of aliphatic hydroxyl groups is 1. The predicted octanol–water partition coefficient (Wildman–Crippen LogP) is 1.42. The second kappa shape index (κ2) is 5.16. The van der Waals surface area contributed by atoms with Crippen LogP contribution in [0.1, 0.15) is 13.8 Å². The molecule has 0 unspecified atom stereocenters. The molecule has 1 aromatic carbocycles. The number of rotatable bonds is 4. The lowest BCUT2D eigenvalue weighted by Gasteiger charge is -2.25. The molecular formula is C11H17BrN2O3S. The van der Waals surface area contributed by atoms with Crippen LogP contribution in [-0.2, 0) is 10.0 Å². The number of anilines is 1. The molecule has 0 fully saturated rings. The summed E-state index contributed by atoms with van der Waals surface area (Å²) in [6.07, 6.45) is 0. The Morgan fingerprint density at radius 1 is 1.44 bits per heavy atom. The minimum atomic E-state index is -3.68. The van der Waals surface area contributed by atoms with Gasteiger partial charge >= 0.3 is 0 Å². The molecule has 5 nitrogen and oxygen atoms in total. The van der Waals surface area contributed by atoms with E-state index in [9.17, 15) is 13.5 Å². The summed E-state index contributed by atoms with van der Waals surface area (Å²) in [4.78, 5) is 0.0919. The fourth-order valence-corrected chi connectivity index (χ4v) is 3.80. The highest BCUT2D eigenvalue weighted by atomic mass is 79.9. The van der Waals surface area contributed by atoms with Crippen molar-refractivity contribution in [2.45, 2.75) is 24.3 Å². The van der Waals surface area contributed by atoms with E-state index in [0.717, 1.165) is 4.31 Å². The predicted molar refractivity (Wildman–Crippen MR) is 74.7 cm³/mol. The van der Waals surface area contributed by atoms with E-state index in [0.29, 0.717) is 10.2 Å². The van der Waals surface area contributed by atoms with Gasteiger partial charge in [-0.05, 0) is 48.0 Å². The molecule has 102 valence electrons. The first-order valence-electron chi connectivity index (χ1n) is 5.28. The Hall–Kier alpha value is -0.630. The molecule has 0 aliphatic heterocycles. The average molecular weight is 337 g/mol. The first-order valence-corrected chi connectivity index (χ1v) is 7.51. The molecule has 0 spiro atoms. The lowest BCUT2D eigenvalue weighted by atomic mass is 10.1. The first kappa shape index (κ1) is 15.4. The second-order valence-electron chi connectivity index (χ2n) is 4.76. The van der Waals surface area contributed by atoms with Crippen molar-refractivity contribution in [3.05, 3.63) is 22.7 Å². The third kappa shape index (κ3) is 3.68. The van der Waals surface area contributed by atoms with Crippen molar-refractivity contribution in [2.75, 3.05) is 19.3 Å². The van der Waals surface area contributed by atoms with Crippen molar-refractivity contribution in [2.24, 2.45) is 0 Å². The Kier molecular flexibility index (Phi) is 4.42. The highest BCUT2D eigenvalue weighted by Crippen LogP contribution is 2.27. The van der Waals surface area contributed by atoms with Gasteiger partial charge in [-0.3, -0.25) is 0 Å². The number of hydrogen-bond acceptors (Lipinski definition) is 4. The Labute approximate surface area is 116 Å². The number of halogens is 1. The maximum Gasteiger partial charge on any atom is 0.244 e. The molecule has 0 amide bonds. The van der Waals surface area contributed by atoms with E-state index in [1.165, 1.54) is 13.1 Å². The van der Waals surface area contributed by atoms with Gasteiger partial charge in [0.1, 0.15) is 0 Å². The van der Waals surface area contributed by atoms with Crippen LogP contribution in [-0.4, -0.2) is 37.0 Å². The summed E-state index contributed by atoms with van der Waals surface area (Å²) in [5.74, 6) is 0. The minimum Gasteiger partial charge on any atom is -0.399 e. The van der Waals surface area contributed by atoms with Gasteiger partial charge in [-0.15, -0.1) is 0 Å². The number of hydrogen-bond donors (Lipinski definition) is 2. The van der Waals surface area contributed by atoms with Crippen molar-refractivity contribution in [1.82, 2.24) is 4.31 Å². The van der Waals surface area contributed by atoms with Gasteiger partial charge in [0, 0.05) is 23.8 Å². The Morgan fingerprint density at radius 3 is 2.50 bits per heavy atom. The summed E-state index contributed by atoms with van der Waals surface area (Å²) in [6.45, 7) is 3.09. The lowest BCUT2D eigenvalue weighted by Crippen LogP contribution is -2.39. The van der Waals surface area contributed by atoms with Crippen LogP contribution in [0, 0.1) is 0 Å². The van der Waals surface area contributed by atoms with Gasteiger partial charge < -0.3 is 10.8 Å². The summed E-state index contributed by atoms with van der Waals surface area (Å²) in [6, 6.07) is 4.58. The maximum absolute atomic E-state index is 12.3. The Morgan fingerprint density at radius 2 is 2.00 bits per heavy atom. The van der Waals surface area contributed by atoms with Crippen LogP contribution in [0.25, 0.3) is 0 Å². The van der Waals surface area contributed by atoms with Gasteiger partial charge in [0.05, 0.1) is 10.5 Å². The number of nitrogens with two attached hydrogens (primary N) is 1. The summed E-state index contributed by atoms with van der Waals surface area (Å²) in [5, 5.41) is 9.68. The van der Waals surface area contributed by atoms with Crippen LogP contribution >= 0.6 is 15.9 Å². The third-order valence-electron chi connectivity index (χ3n) is 2.25. The average Bonchev–Trinajstić information content (AvgIpc) is 2.19. The normalized spacial score (nSPS) is 13.0. The summed E-state index contributed by atoms with van der Waals surface area (Å²) in [7, 11) is -2.26. The highest BCUT2D eigenvalue weighted by molar-refractivity contribution is 9.10. The number of nitrogens with zero attached hydrogens (tertiary/aromatic N) is 1. The molecule has 0 aliphatic carbocycles. The SMILES string of the molecule is CN(CC(C)(C)O)S(=O)(=O)c1cc(N)ccc1Br. The summed E-state index contributed by atoms with van der Waals surface area (Å²) < 4.78 is 26.2. The lowest BCUT2D eigenvalue weighted by molar-refractivity contribution is 0.0640. The second-order valence-corrected chi connectivity index (χ2v) is 7.63. The zero-order valence-electron chi connectivity index (χ0n) is 10.5. The minimum absolute atomic E-state index is 0.00340. The molecule has 1 aromatic rings. The molecule has 0 radical (unpaired) electrons. The molecule has 0 aromatic heterocycles. The smallest absolute Gasteiger partial charge is 0.244 e. The standard InChI is InChI=1S/C11H17BrN2O3S/c1-11(2,15)7-14(3)18(16,17)10-6-8(13)4-5-9(10)12/h4-6,15H,7,13H2,1-3H3. The highest BCUT2D eigenvalue weighted by Gasteiger charge is 2.28. The number of likely N-dealkylation sites (N-methyl/N-ethyl adjacent to an activating group) is 1. The van der Waals surface area contributed by atoms with E-state index in [1.807, 2.05) is 0 Å². The molecule has 0 saturated carbocycles. The molecule has 0 aliphatic rings. The van der Waals surface area contributed by atoms with Gasteiger partial charge in [0.25, 0.3) is 0 Å². The van der Waals surface area contributed by atoms with E-state index in [4.69, 9.17) is 5.73 Å². The summed E-state index contributed by atoms with van der Waals surface area (Å²) >= 11 is 3.19. The van der Waals surface area contributed by atoms with E-state index in [-0.39, 0.29) is 11.4 Å². The Bertz CT molecular complexity index is 538. The zero-order valence-corrected chi connectivity index (χ0v) is 12.9. The third-order valence-corrected chi connectivity index (χ3v) is 5.05. The van der Waals surface area contributed by atoms with Gasteiger partial charge in [-0.1, -0.05) is 0 Å². The van der Waals surface area contributed by atoms with Crippen molar-refractivity contribution in [3.8, 4) is 0 Å². The fraction of sp³-hybridized carbons (Fsp3) is 0.455. The van der Waals surface area contributed by atoms with Gasteiger partial charge in [0.15, 0.2) is 0 Å². The van der Waals surface area contributed by atoms with Crippen LogP contribution in [0.2, 0.25) is 0 Å². The van der Waals surface area contributed by atoms with Gasteiger partial charge in [0.2, 0.25) is 10.0 Å². The molecule has 0 bridgehead atoms. The van der Waals surface area contributed by atoms with Crippen LogP contribution in [0.15, 0.2) is 27.6 Å². The van der Waals surface area contributed by atoms with Crippen LogP contribution in [0.4, 0.5) is 5.69 Å². The van der Waals surface area contributed by atoms with Gasteiger partial charge in [-0.2, -0.15) is 4.31 Å². The number of sulfonamides is 1. The largest absolute Gasteiger partial charge is 0.399 e. The molecular weight excluding hydrogens is 320 g/mol. The zero-order chi connectivity index (χ0) is 14.1. The van der Waals surface area contributed by atoms with E-state index in [2.05, 4.69) is 15.9 Å². The van der Waals surface area contributed by atoms with E-state index in [1.54, 1.807) is 26.0 Å². The van der Waals surface area contributed by atoms with E-state index >= 15 is 0 Å². The monoisotopic (exact) mass is 336 g/mol. The molecule has 0 saturated heterocycles. The molecule has 18 heavy (non-hydrogen) atoms. The van der Waals surface area contributed by atoms with Crippen molar-refractivity contribution >= 4 is 31.6 Å². The van der Waals surface area contributed by atoms with Crippen LogP contribution < -0.4 is 5.73 Å². The molecule has 7 heteroatoms. The van der Waals surface area contributed by atoms with Crippen LogP contribution in [0.3, 0.4) is 0 Å². The quantitative estimate of drug-likeness (QED) is 0.814. The van der Waals surface area contributed by atoms with E-state index < -0.39 is 15.6 Å². The molecule has 3 N–H and O–H groups in total. The topological polar surface area (TPSA) is 83.6 Å². The fourth-order valence-electron chi connectivity index (χ4n) is 1.52. The number of benzene rings is 1. The summed E-state index contributed by atoms with van der Waals surface area (Å²) in [5.41, 5.74) is 4.86. The molecule has 0 atom stereocenters. The van der Waals surface area contributed by atoms with Gasteiger partial charge in [-0.25, -0.2) is 8.42 Å². The number of nitrogen functional groups attached to an aromatic ring is 1. The first-order chi connectivity index (χ1) is 8.04.